The molecule has 1 unspecified atom stereocenters. The predicted molar refractivity (Wildman–Crippen MR) is 59.9 cm³/mol. The summed E-state index contributed by atoms with van der Waals surface area (Å²) < 4.78 is 0. The lowest BCUT2D eigenvalue weighted by Crippen LogP contribution is -2.26. The number of aliphatic hydroxyl groups is 1. The highest BCUT2D eigenvalue weighted by Gasteiger charge is 2.51. The van der Waals surface area contributed by atoms with Gasteiger partial charge in [0.05, 0.1) is 12.3 Å². The van der Waals surface area contributed by atoms with Gasteiger partial charge < -0.3 is 5.11 Å². The van der Waals surface area contributed by atoms with Gasteiger partial charge in [-0.3, -0.25) is 5.10 Å². The number of rotatable bonds is 2. The Kier molecular flexibility index (Phi) is 2.19. The van der Waals surface area contributed by atoms with Crippen LogP contribution >= 0.6 is 0 Å². The number of hydrogen-bond acceptors (Lipinski definition) is 2. The van der Waals surface area contributed by atoms with E-state index in [9.17, 15) is 5.11 Å². The molecule has 1 atom stereocenters. The summed E-state index contributed by atoms with van der Waals surface area (Å²) in [7, 11) is 0. The Labute approximate surface area is 90.9 Å². The van der Waals surface area contributed by atoms with Gasteiger partial charge in [-0.2, -0.15) is 5.10 Å². The van der Waals surface area contributed by atoms with Crippen molar-refractivity contribution in [3.63, 3.8) is 0 Å². The third kappa shape index (κ3) is 1.59. The molecule has 2 rings (SSSR count). The summed E-state index contributed by atoms with van der Waals surface area (Å²) in [5, 5.41) is 17.1. The SMILES string of the molecule is CC(O)C1(c2cn[nH]c2C(C)(C)C)CC1. The van der Waals surface area contributed by atoms with Gasteiger partial charge in [-0.05, 0) is 19.8 Å². The quantitative estimate of drug-likeness (QED) is 0.782. The van der Waals surface area contributed by atoms with Crippen molar-refractivity contribution in [1.29, 1.82) is 0 Å². The topological polar surface area (TPSA) is 48.9 Å². The van der Waals surface area contributed by atoms with E-state index in [2.05, 4.69) is 31.0 Å². The Morgan fingerprint density at radius 3 is 2.47 bits per heavy atom. The minimum atomic E-state index is -0.281. The minimum absolute atomic E-state index is 0.0182. The molecule has 15 heavy (non-hydrogen) atoms. The van der Waals surface area contributed by atoms with Crippen molar-refractivity contribution in [2.24, 2.45) is 0 Å². The van der Waals surface area contributed by atoms with E-state index in [0.717, 1.165) is 12.8 Å². The predicted octanol–water partition coefficient (Wildman–Crippen LogP) is 2.12. The molecule has 2 N–H and O–H groups in total. The van der Waals surface area contributed by atoms with Gasteiger partial charge >= 0.3 is 0 Å². The monoisotopic (exact) mass is 208 g/mol. The van der Waals surface area contributed by atoms with Gasteiger partial charge in [0.15, 0.2) is 0 Å². The van der Waals surface area contributed by atoms with E-state index >= 15 is 0 Å². The minimum Gasteiger partial charge on any atom is -0.392 e. The lowest BCUT2D eigenvalue weighted by molar-refractivity contribution is 0.150. The lowest BCUT2D eigenvalue weighted by Gasteiger charge is -2.24. The van der Waals surface area contributed by atoms with Crippen molar-refractivity contribution in [3.05, 3.63) is 17.5 Å². The molecule has 1 aliphatic carbocycles. The smallest absolute Gasteiger partial charge is 0.0609 e. The third-order valence-electron chi connectivity index (χ3n) is 3.51. The summed E-state index contributed by atoms with van der Waals surface area (Å²) in [6.45, 7) is 8.39. The van der Waals surface area contributed by atoms with Gasteiger partial charge in [-0.15, -0.1) is 0 Å². The number of hydrogen-bond donors (Lipinski definition) is 2. The fraction of sp³-hybridized carbons (Fsp3) is 0.750. The van der Waals surface area contributed by atoms with E-state index < -0.39 is 0 Å². The first-order valence-corrected chi connectivity index (χ1v) is 5.60. The van der Waals surface area contributed by atoms with E-state index in [1.165, 1.54) is 11.3 Å². The first-order chi connectivity index (χ1) is 6.88. The van der Waals surface area contributed by atoms with Crippen molar-refractivity contribution in [2.45, 2.75) is 57.5 Å². The van der Waals surface area contributed by atoms with Crippen LogP contribution in [0.1, 0.15) is 51.8 Å². The van der Waals surface area contributed by atoms with Crippen molar-refractivity contribution in [3.8, 4) is 0 Å². The number of aliphatic hydroxyl groups excluding tert-OH is 1. The highest BCUT2D eigenvalue weighted by molar-refractivity contribution is 5.37. The second-order valence-corrected chi connectivity index (χ2v) is 5.74. The Bertz CT molecular complexity index is 356. The molecule has 0 aliphatic heterocycles. The summed E-state index contributed by atoms with van der Waals surface area (Å²) in [5.74, 6) is 0. The number of nitrogens with one attached hydrogen (secondary N) is 1. The van der Waals surface area contributed by atoms with E-state index in [1.54, 1.807) is 0 Å². The van der Waals surface area contributed by atoms with Crippen LogP contribution in [0.15, 0.2) is 6.20 Å². The van der Waals surface area contributed by atoms with Crippen LogP contribution in [0.3, 0.4) is 0 Å². The van der Waals surface area contributed by atoms with Crippen LogP contribution in [0.4, 0.5) is 0 Å². The number of nitrogens with zero attached hydrogens (tertiary/aromatic N) is 1. The zero-order valence-electron chi connectivity index (χ0n) is 9.96. The molecule has 1 aromatic heterocycles. The maximum Gasteiger partial charge on any atom is 0.0609 e. The van der Waals surface area contributed by atoms with Gasteiger partial charge in [0.2, 0.25) is 0 Å². The molecule has 0 bridgehead atoms. The van der Waals surface area contributed by atoms with Crippen molar-refractivity contribution >= 4 is 0 Å². The second kappa shape index (κ2) is 3.08. The molecule has 0 radical (unpaired) electrons. The molecule has 1 aliphatic rings. The zero-order valence-corrected chi connectivity index (χ0v) is 9.96. The Hall–Kier alpha value is -0.830. The number of H-pyrrole nitrogens is 1. The van der Waals surface area contributed by atoms with E-state index in [1.807, 2.05) is 13.1 Å². The Morgan fingerprint density at radius 2 is 2.07 bits per heavy atom. The van der Waals surface area contributed by atoms with E-state index in [0.29, 0.717) is 0 Å². The maximum atomic E-state index is 9.86. The zero-order chi connectivity index (χ0) is 11.3. The molecular weight excluding hydrogens is 188 g/mol. The van der Waals surface area contributed by atoms with Crippen LogP contribution in [0, 0.1) is 0 Å². The molecule has 1 fully saturated rings. The van der Waals surface area contributed by atoms with Gasteiger partial charge in [-0.1, -0.05) is 20.8 Å². The average Bonchev–Trinajstić information content (AvgIpc) is 2.75. The number of aromatic nitrogens is 2. The molecule has 3 nitrogen and oxygen atoms in total. The van der Waals surface area contributed by atoms with E-state index in [-0.39, 0.29) is 16.9 Å². The molecule has 0 amide bonds. The third-order valence-corrected chi connectivity index (χ3v) is 3.51. The van der Waals surface area contributed by atoms with Crippen LogP contribution in [-0.2, 0) is 10.8 Å². The van der Waals surface area contributed by atoms with Gasteiger partial charge in [0, 0.05) is 22.1 Å². The summed E-state index contributed by atoms with van der Waals surface area (Å²) in [5.41, 5.74) is 2.43. The fourth-order valence-electron chi connectivity index (χ4n) is 2.28. The summed E-state index contributed by atoms with van der Waals surface area (Å²) >= 11 is 0. The second-order valence-electron chi connectivity index (χ2n) is 5.74. The lowest BCUT2D eigenvalue weighted by atomic mass is 9.82. The molecule has 1 saturated carbocycles. The largest absolute Gasteiger partial charge is 0.392 e. The normalized spacial score (nSPS) is 21.4. The van der Waals surface area contributed by atoms with Crippen LogP contribution in [-0.4, -0.2) is 21.4 Å². The van der Waals surface area contributed by atoms with Crippen molar-refractivity contribution in [1.82, 2.24) is 10.2 Å². The maximum absolute atomic E-state index is 9.86. The summed E-state index contributed by atoms with van der Waals surface area (Å²) in [6, 6.07) is 0. The molecular formula is C12H20N2O. The highest BCUT2D eigenvalue weighted by Crippen LogP contribution is 2.52. The van der Waals surface area contributed by atoms with Crippen LogP contribution in [0.2, 0.25) is 0 Å². The Balaban J connectivity index is 2.42. The van der Waals surface area contributed by atoms with Gasteiger partial charge in [0.25, 0.3) is 0 Å². The molecule has 0 spiro atoms. The standard InChI is InChI=1S/C12H20N2O/c1-8(15)12(5-6-12)9-7-13-14-10(9)11(2,3)4/h7-8,15H,5-6H2,1-4H3,(H,13,14). The van der Waals surface area contributed by atoms with Crippen LogP contribution in [0.5, 0.6) is 0 Å². The molecule has 3 heteroatoms. The fourth-order valence-corrected chi connectivity index (χ4v) is 2.28. The first kappa shape index (κ1) is 10.7. The highest BCUT2D eigenvalue weighted by atomic mass is 16.3. The van der Waals surface area contributed by atoms with Crippen LogP contribution < -0.4 is 0 Å². The van der Waals surface area contributed by atoms with Crippen molar-refractivity contribution < 1.29 is 5.11 Å². The Morgan fingerprint density at radius 1 is 1.47 bits per heavy atom. The van der Waals surface area contributed by atoms with E-state index in [4.69, 9.17) is 0 Å². The van der Waals surface area contributed by atoms with Gasteiger partial charge in [-0.25, -0.2) is 0 Å². The number of aromatic amines is 1. The molecule has 1 heterocycles. The molecule has 0 aromatic carbocycles. The average molecular weight is 208 g/mol. The van der Waals surface area contributed by atoms with Gasteiger partial charge in [0.1, 0.15) is 0 Å². The summed E-state index contributed by atoms with van der Waals surface area (Å²) in [6.07, 6.45) is 3.76. The molecule has 1 aromatic rings. The first-order valence-electron chi connectivity index (χ1n) is 5.60. The molecule has 84 valence electrons. The van der Waals surface area contributed by atoms with Crippen molar-refractivity contribution in [2.75, 3.05) is 0 Å². The molecule has 0 saturated heterocycles. The van der Waals surface area contributed by atoms with Crippen LogP contribution in [0.25, 0.3) is 0 Å². The summed E-state index contributed by atoms with van der Waals surface area (Å²) in [4.78, 5) is 0.